The van der Waals surface area contributed by atoms with Crippen molar-refractivity contribution in [3.63, 3.8) is 0 Å². The highest BCUT2D eigenvalue weighted by atomic mass is 14.9. The monoisotopic (exact) mass is 279 g/mol. The van der Waals surface area contributed by atoms with E-state index in [4.69, 9.17) is 0 Å². The molecule has 2 aliphatic rings. The van der Waals surface area contributed by atoms with Gasteiger partial charge < -0.3 is 5.32 Å². The molecule has 0 bridgehead atoms. The maximum Gasteiger partial charge on any atom is 0.00128 e. The molecule has 0 amide bonds. The lowest BCUT2D eigenvalue weighted by Gasteiger charge is -2.48. The Morgan fingerprint density at radius 3 is 2.00 bits per heavy atom. The zero-order chi connectivity index (χ0) is 14.8. The molecule has 0 spiro atoms. The molecule has 0 atom stereocenters. The highest BCUT2D eigenvalue weighted by Crippen LogP contribution is 2.52. The lowest BCUT2D eigenvalue weighted by atomic mass is 9.59. The molecule has 0 aliphatic heterocycles. The molecule has 1 nitrogen and oxygen atoms in total. The zero-order valence-electron chi connectivity index (χ0n) is 14.6. The topological polar surface area (TPSA) is 12.0 Å². The lowest BCUT2D eigenvalue weighted by molar-refractivity contribution is 0.0391. The minimum Gasteiger partial charge on any atom is -0.314 e. The van der Waals surface area contributed by atoms with Gasteiger partial charge in [-0.3, -0.25) is 0 Å². The normalized spacial score (nSPS) is 33.0. The van der Waals surface area contributed by atoms with Gasteiger partial charge >= 0.3 is 0 Å². The molecule has 2 saturated carbocycles. The summed E-state index contributed by atoms with van der Waals surface area (Å²) in [4.78, 5) is 0. The Hall–Kier alpha value is -0.0400. The van der Waals surface area contributed by atoms with Crippen LogP contribution in [-0.4, -0.2) is 12.6 Å². The van der Waals surface area contributed by atoms with E-state index in [1.165, 1.54) is 57.9 Å². The van der Waals surface area contributed by atoms with Crippen molar-refractivity contribution in [2.75, 3.05) is 6.54 Å². The van der Waals surface area contributed by atoms with Crippen LogP contribution in [0.2, 0.25) is 0 Å². The Balaban J connectivity index is 2.02. The lowest BCUT2D eigenvalue weighted by Crippen LogP contribution is -2.45. The third-order valence-corrected chi connectivity index (χ3v) is 6.29. The third kappa shape index (κ3) is 3.78. The summed E-state index contributed by atoms with van der Waals surface area (Å²) in [5.74, 6) is 1.95. The fraction of sp³-hybridized carbons (Fsp3) is 1.00. The molecule has 1 N–H and O–H groups in total. The van der Waals surface area contributed by atoms with Crippen molar-refractivity contribution in [2.45, 2.75) is 92.0 Å². The van der Waals surface area contributed by atoms with E-state index in [1.54, 1.807) is 0 Å². The first-order chi connectivity index (χ1) is 9.33. The molecule has 0 heterocycles. The second kappa shape index (κ2) is 6.38. The minimum absolute atomic E-state index is 0.507. The first kappa shape index (κ1) is 16.3. The molecule has 0 saturated heterocycles. The van der Waals surface area contributed by atoms with E-state index in [-0.39, 0.29) is 0 Å². The summed E-state index contributed by atoms with van der Waals surface area (Å²) in [6, 6.07) is 0.633. The fourth-order valence-corrected chi connectivity index (χ4v) is 4.73. The number of nitrogens with one attached hydrogen (secondary N) is 1. The number of rotatable bonds is 4. The van der Waals surface area contributed by atoms with Crippen LogP contribution in [0, 0.1) is 22.7 Å². The van der Waals surface area contributed by atoms with Gasteiger partial charge in [0.2, 0.25) is 0 Å². The quantitative estimate of drug-likeness (QED) is 0.727. The van der Waals surface area contributed by atoms with Gasteiger partial charge in [0.05, 0.1) is 0 Å². The highest BCUT2D eigenvalue weighted by molar-refractivity contribution is 4.96. The average molecular weight is 280 g/mol. The van der Waals surface area contributed by atoms with E-state index in [0.717, 1.165) is 11.8 Å². The third-order valence-electron chi connectivity index (χ3n) is 6.29. The molecule has 0 aromatic carbocycles. The molecule has 2 rings (SSSR count). The van der Waals surface area contributed by atoms with Crippen LogP contribution < -0.4 is 5.32 Å². The summed E-state index contributed by atoms with van der Waals surface area (Å²) in [6.45, 7) is 13.2. The van der Waals surface area contributed by atoms with Crippen LogP contribution >= 0.6 is 0 Å². The summed E-state index contributed by atoms with van der Waals surface area (Å²) < 4.78 is 0. The summed E-state index contributed by atoms with van der Waals surface area (Å²) >= 11 is 0. The van der Waals surface area contributed by atoms with E-state index in [2.05, 4.69) is 39.9 Å². The Labute approximate surface area is 127 Å². The van der Waals surface area contributed by atoms with Crippen molar-refractivity contribution in [3.05, 3.63) is 0 Å². The van der Waals surface area contributed by atoms with E-state index in [1.807, 2.05) is 0 Å². The largest absolute Gasteiger partial charge is 0.314 e. The van der Waals surface area contributed by atoms with Crippen LogP contribution in [0.15, 0.2) is 0 Å². The van der Waals surface area contributed by atoms with E-state index >= 15 is 0 Å². The van der Waals surface area contributed by atoms with E-state index in [0.29, 0.717) is 16.9 Å². The Morgan fingerprint density at radius 2 is 1.55 bits per heavy atom. The van der Waals surface area contributed by atoms with Crippen LogP contribution in [0.4, 0.5) is 0 Å². The molecule has 0 radical (unpaired) electrons. The van der Waals surface area contributed by atoms with Gasteiger partial charge in [-0.05, 0) is 61.2 Å². The van der Waals surface area contributed by atoms with Gasteiger partial charge in [0.1, 0.15) is 0 Å². The van der Waals surface area contributed by atoms with Crippen molar-refractivity contribution in [1.82, 2.24) is 5.32 Å². The number of hydrogen-bond donors (Lipinski definition) is 1. The SMILES string of the molecule is CC(C)NCC1(C2CCCC2)CCC(C(C)(C)C)CC1. The molecule has 2 fully saturated rings. The Bertz CT molecular complexity index is 285. The Kier molecular flexibility index (Phi) is 5.21. The van der Waals surface area contributed by atoms with Crippen LogP contribution in [-0.2, 0) is 0 Å². The van der Waals surface area contributed by atoms with Gasteiger partial charge in [0.15, 0.2) is 0 Å². The predicted octanol–water partition coefficient (Wildman–Crippen LogP) is 5.40. The molecule has 118 valence electrons. The van der Waals surface area contributed by atoms with Crippen molar-refractivity contribution < 1.29 is 0 Å². The Morgan fingerprint density at radius 1 is 1.00 bits per heavy atom. The molecule has 2 aliphatic carbocycles. The van der Waals surface area contributed by atoms with E-state index in [9.17, 15) is 0 Å². The summed E-state index contributed by atoms with van der Waals surface area (Å²) in [6.07, 6.45) is 11.8. The maximum absolute atomic E-state index is 3.79. The maximum atomic E-state index is 3.79. The highest BCUT2D eigenvalue weighted by Gasteiger charge is 2.44. The predicted molar refractivity (Wildman–Crippen MR) is 88.9 cm³/mol. The van der Waals surface area contributed by atoms with Gasteiger partial charge in [-0.25, -0.2) is 0 Å². The van der Waals surface area contributed by atoms with Crippen LogP contribution in [0.1, 0.15) is 86.0 Å². The molecular formula is C19H37N. The first-order valence-electron chi connectivity index (χ1n) is 9.07. The van der Waals surface area contributed by atoms with Crippen molar-refractivity contribution in [1.29, 1.82) is 0 Å². The van der Waals surface area contributed by atoms with E-state index < -0.39 is 0 Å². The first-order valence-corrected chi connectivity index (χ1v) is 9.07. The van der Waals surface area contributed by atoms with Gasteiger partial charge in [0, 0.05) is 12.6 Å². The van der Waals surface area contributed by atoms with Gasteiger partial charge in [-0.2, -0.15) is 0 Å². The second-order valence-electron chi connectivity index (χ2n) is 9.02. The van der Waals surface area contributed by atoms with Crippen LogP contribution in [0.5, 0.6) is 0 Å². The molecule has 0 unspecified atom stereocenters. The zero-order valence-corrected chi connectivity index (χ0v) is 14.6. The fourth-order valence-electron chi connectivity index (χ4n) is 4.73. The van der Waals surface area contributed by atoms with Crippen molar-refractivity contribution >= 4 is 0 Å². The molecule has 0 aromatic rings. The number of hydrogen-bond acceptors (Lipinski definition) is 1. The molecular weight excluding hydrogens is 242 g/mol. The van der Waals surface area contributed by atoms with Gasteiger partial charge in [0.25, 0.3) is 0 Å². The standard InChI is InChI=1S/C19H37N/c1-15(2)20-14-19(17-8-6-7-9-17)12-10-16(11-13-19)18(3,4)5/h15-17,20H,6-14H2,1-5H3. The van der Waals surface area contributed by atoms with Gasteiger partial charge in [-0.15, -0.1) is 0 Å². The summed E-state index contributed by atoms with van der Waals surface area (Å²) in [5.41, 5.74) is 1.13. The minimum atomic E-state index is 0.507. The van der Waals surface area contributed by atoms with Crippen molar-refractivity contribution in [2.24, 2.45) is 22.7 Å². The van der Waals surface area contributed by atoms with Gasteiger partial charge in [-0.1, -0.05) is 47.5 Å². The average Bonchev–Trinajstić information content (AvgIpc) is 2.90. The van der Waals surface area contributed by atoms with Crippen LogP contribution in [0.25, 0.3) is 0 Å². The van der Waals surface area contributed by atoms with Crippen LogP contribution in [0.3, 0.4) is 0 Å². The molecule has 20 heavy (non-hydrogen) atoms. The second-order valence-corrected chi connectivity index (χ2v) is 9.02. The molecule has 0 aromatic heterocycles. The van der Waals surface area contributed by atoms with Crippen molar-refractivity contribution in [3.8, 4) is 0 Å². The summed E-state index contributed by atoms with van der Waals surface area (Å²) in [5, 5.41) is 3.79. The smallest absolute Gasteiger partial charge is 0.00128 e. The summed E-state index contributed by atoms with van der Waals surface area (Å²) in [7, 11) is 0. The molecule has 1 heteroatoms.